The molecule has 1 aromatic rings. The number of likely N-dealkylation sites (tertiary alicyclic amines) is 1. The molecule has 1 aromatic carbocycles. The smallest absolute Gasteiger partial charge is 0.408 e. The highest BCUT2D eigenvalue weighted by atomic mass is 35.5. The molecule has 1 fully saturated rings. The second kappa shape index (κ2) is 13.3. The van der Waals surface area contributed by atoms with Crippen molar-refractivity contribution >= 4 is 36.3 Å². The number of nitrogens with zero attached hydrogens (tertiary/aromatic N) is 2. The van der Waals surface area contributed by atoms with Crippen molar-refractivity contribution in [3.63, 3.8) is 0 Å². The number of methoxy groups -OCH3 is 1. The van der Waals surface area contributed by atoms with Crippen LogP contribution in [-0.4, -0.2) is 61.1 Å². The van der Waals surface area contributed by atoms with E-state index in [9.17, 15) is 14.4 Å². The Morgan fingerprint density at radius 1 is 1.26 bits per heavy atom. The lowest BCUT2D eigenvalue weighted by Gasteiger charge is -2.27. The number of rotatable bonds is 9. The van der Waals surface area contributed by atoms with Crippen LogP contribution < -0.4 is 16.8 Å². The minimum absolute atomic E-state index is 0. The van der Waals surface area contributed by atoms with Crippen LogP contribution in [0.1, 0.15) is 31.2 Å². The van der Waals surface area contributed by atoms with Crippen molar-refractivity contribution < 1.29 is 23.9 Å². The van der Waals surface area contributed by atoms with Crippen LogP contribution >= 0.6 is 12.4 Å². The Balaban J connectivity index is 0.00000480. The summed E-state index contributed by atoms with van der Waals surface area (Å²) in [4.78, 5) is 42.7. The highest BCUT2D eigenvalue weighted by Gasteiger charge is 2.38. The van der Waals surface area contributed by atoms with Crippen molar-refractivity contribution in [2.45, 2.75) is 44.4 Å². The molecule has 5 N–H and O–H groups in total. The number of nitrogens with two attached hydrogens (primary N) is 2. The molecule has 2 atom stereocenters. The molecule has 1 saturated heterocycles. The van der Waals surface area contributed by atoms with Crippen LogP contribution in [0.15, 0.2) is 35.3 Å². The summed E-state index contributed by atoms with van der Waals surface area (Å²) in [5, 5.41) is 2.61. The molecule has 31 heavy (non-hydrogen) atoms. The number of amides is 2. The third kappa shape index (κ3) is 8.33. The van der Waals surface area contributed by atoms with Crippen LogP contribution in [0.25, 0.3) is 0 Å². The van der Waals surface area contributed by atoms with E-state index in [0.717, 1.165) is 5.56 Å². The van der Waals surface area contributed by atoms with E-state index in [-0.39, 0.29) is 30.9 Å². The van der Waals surface area contributed by atoms with Crippen molar-refractivity contribution in [1.29, 1.82) is 0 Å². The average Bonchev–Trinajstić information content (AvgIpc) is 3.23. The number of nitrogens with one attached hydrogen (secondary N) is 1. The summed E-state index contributed by atoms with van der Waals surface area (Å²) in [6.07, 6.45) is 1.25. The van der Waals surface area contributed by atoms with Crippen molar-refractivity contribution in [3.05, 3.63) is 35.9 Å². The fraction of sp³-hybridized carbons (Fsp3) is 0.500. The first-order valence-corrected chi connectivity index (χ1v) is 9.83. The first kappa shape index (κ1) is 26.0. The molecule has 0 aromatic heterocycles. The Bertz CT molecular complexity index is 758. The lowest BCUT2D eigenvalue weighted by molar-refractivity contribution is -0.151. The van der Waals surface area contributed by atoms with E-state index < -0.39 is 24.1 Å². The van der Waals surface area contributed by atoms with E-state index in [4.69, 9.17) is 20.9 Å². The summed E-state index contributed by atoms with van der Waals surface area (Å²) in [7, 11) is 1.29. The Morgan fingerprint density at radius 2 is 1.97 bits per heavy atom. The summed E-state index contributed by atoms with van der Waals surface area (Å²) in [5.74, 6) is -0.866. The fourth-order valence-electron chi connectivity index (χ4n) is 3.28. The van der Waals surface area contributed by atoms with Crippen molar-refractivity contribution in [3.8, 4) is 0 Å². The van der Waals surface area contributed by atoms with Gasteiger partial charge < -0.3 is 31.2 Å². The molecule has 0 bridgehead atoms. The highest BCUT2D eigenvalue weighted by molar-refractivity contribution is 5.90. The molecule has 2 unspecified atom stereocenters. The zero-order chi connectivity index (χ0) is 21.9. The van der Waals surface area contributed by atoms with E-state index in [0.29, 0.717) is 38.8 Å². The molecule has 1 aliphatic rings. The van der Waals surface area contributed by atoms with Gasteiger partial charge in [0.1, 0.15) is 18.7 Å². The minimum atomic E-state index is -0.868. The van der Waals surface area contributed by atoms with Gasteiger partial charge in [-0.25, -0.2) is 9.59 Å². The van der Waals surface area contributed by atoms with Crippen LogP contribution in [0.4, 0.5) is 4.79 Å². The van der Waals surface area contributed by atoms with Gasteiger partial charge in [-0.05, 0) is 31.2 Å². The number of guanidine groups is 1. The molecule has 1 aliphatic heterocycles. The molecule has 2 rings (SSSR count). The van der Waals surface area contributed by atoms with Gasteiger partial charge in [-0.1, -0.05) is 30.3 Å². The number of alkyl carbamates (subject to hydrolysis) is 1. The molecule has 11 heteroatoms. The van der Waals surface area contributed by atoms with E-state index >= 15 is 0 Å². The quantitative estimate of drug-likeness (QED) is 0.217. The van der Waals surface area contributed by atoms with Gasteiger partial charge in [0.2, 0.25) is 5.91 Å². The summed E-state index contributed by atoms with van der Waals surface area (Å²) in [6, 6.07) is 7.69. The second-order valence-electron chi connectivity index (χ2n) is 6.92. The van der Waals surface area contributed by atoms with Crippen LogP contribution in [0.2, 0.25) is 0 Å². The molecular weight excluding hydrogens is 426 g/mol. The number of ether oxygens (including phenoxy) is 2. The zero-order valence-electron chi connectivity index (χ0n) is 17.5. The molecule has 172 valence electrons. The Hall–Kier alpha value is -3.01. The summed E-state index contributed by atoms with van der Waals surface area (Å²) in [5.41, 5.74) is 11.5. The predicted molar refractivity (Wildman–Crippen MR) is 117 cm³/mol. The van der Waals surface area contributed by atoms with Crippen LogP contribution in [-0.2, 0) is 25.7 Å². The van der Waals surface area contributed by atoms with Gasteiger partial charge in [0.15, 0.2) is 5.96 Å². The number of hydrogen-bond acceptors (Lipinski definition) is 6. The van der Waals surface area contributed by atoms with Crippen LogP contribution in [0.3, 0.4) is 0 Å². The first-order valence-electron chi connectivity index (χ1n) is 9.83. The highest BCUT2D eigenvalue weighted by Crippen LogP contribution is 2.20. The Morgan fingerprint density at radius 3 is 2.61 bits per heavy atom. The van der Waals surface area contributed by atoms with Gasteiger partial charge in [-0.3, -0.25) is 9.79 Å². The third-order valence-corrected chi connectivity index (χ3v) is 4.76. The standard InChI is InChI=1S/C20H29N5O5.ClH/c1-29-18(27)16-10-6-12-25(16)17(26)15(9-5-11-23-19(21)22)24-20(28)30-13-14-7-3-2-4-8-14;/h2-4,7-8,15-16H,5-6,9-13H2,1H3,(H,24,28)(H4,21,22,23);1H. The molecule has 1 heterocycles. The summed E-state index contributed by atoms with van der Waals surface area (Å²) >= 11 is 0. The number of hydrogen-bond donors (Lipinski definition) is 3. The molecule has 10 nitrogen and oxygen atoms in total. The van der Waals surface area contributed by atoms with Gasteiger partial charge >= 0.3 is 12.1 Å². The first-order chi connectivity index (χ1) is 14.4. The molecule has 0 radical (unpaired) electrons. The van der Waals surface area contributed by atoms with E-state index in [2.05, 4.69) is 10.3 Å². The number of esters is 1. The normalized spacial score (nSPS) is 15.9. The van der Waals surface area contributed by atoms with Crippen LogP contribution in [0.5, 0.6) is 0 Å². The van der Waals surface area contributed by atoms with Gasteiger partial charge in [0, 0.05) is 13.1 Å². The topological polar surface area (TPSA) is 149 Å². The van der Waals surface area contributed by atoms with E-state index in [1.54, 1.807) is 0 Å². The maximum Gasteiger partial charge on any atom is 0.408 e. The average molecular weight is 456 g/mol. The van der Waals surface area contributed by atoms with Crippen molar-refractivity contribution in [1.82, 2.24) is 10.2 Å². The summed E-state index contributed by atoms with van der Waals surface area (Å²) in [6.45, 7) is 0.813. The number of halogens is 1. The van der Waals surface area contributed by atoms with Gasteiger partial charge in [-0.2, -0.15) is 0 Å². The third-order valence-electron chi connectivity index (χ3n) is 4.76. The largest absolute Gasteiger partial charge is 0.467 e. The molecule has 0 aliphatic carbocycles. The summed E-state index contributed by atoms with van der Waals surface area (Å²) < 4.78 is 10.0. The fourth-order valence-corrected chi connectivity index (χ4v) is 3.28. The second-order valence-corrected chi connectivity index (χ2v) is 6.92. The molecule has 0 spiro atoms. The Kier molecular flexibility index (Phi) is 11.2. The van der Waals surface area contributed by atoms with E-state index in [1.807, 2.05) is 30.3 Å². The molecule has 2 amide bonds. The molecule has 0 saturated carbocycles. The lowest BCUT2D eigenvalue weighted by atomic mass is 10.1. The minimum Gasteiger partial charge on any atom is -0.467 e. The lowest BCUT2D eigenvalue weighted by Crippen LogP contribution is -2.52. The number of benzene rings is 1. The SMILES string of the molecule is COC(=O)C1CCCN1C(=O)C(CCCN=C(N)N)NC(=O)OCc1ccccc1.Cl. The van der Waals surface area contributed by atoms with Crippen molar-refractivity contribution in [2.24, 2.45) is 16.5 Å². The van der Waals surface area contributed by atoms with Crippen molar-refractivity contribution in [2.75, 3.05) is 20.2 Å². The van der Waals surface area contributed by atoms with Gasteiger partial charge in [-0.15, -0.1) is 12.4 Å². The Labute approximate surface area is 187 Å². The number of carbonyl (C=O) groups excluding carboxylic acids is 3. The zero-order valence-corrected chi connectivity index (χ0v) is 18.3. The maximum atomic E-state index is 13.1. The monoisotopic (exact) mass is 455 g/mol. The number of carbonyl (C=O) groups is 3. The van der Waals surface area contributed by atoms with E-state index in [1.165, 1.54) is 12.0 Å². The van der Waals surface area contributed by atoms with Crippen LogP contribution in [0, 0.1) is 0 Å². The van der Waals surface area contributed by atoms with Gasteiger partial charge in [0.25, 0.3) is 0 Å². The molecular formula is C20H30ClN5O5. The van der Waals surface area contributed by atoms with Gasteiger partial charge in [0.05, 0.1) is 7.11 Å². The number of aliphatic imine (C=N–C) groups is 1. The predicted octanol–water partition coefficient (Wildman–Crippen LogP) is 0.921. The maximum absolute atomic E-state index is 13.1.